The number of phosphoric acid groups is 1. The van der Waals surface area contributed by atoms with Crippen molar-refractivity contribution < 1.29 is 23.9 Å². The first-order valence-electron chi connectivity index (χ1n) is 3.25. The standard InChI is InChI=1S/C6H5Cl2O5P/c7-4-1-2-6(5(8)3-4)12-13-14(9,10)11/h1-3H,(H2,9,10,11). The zero-order valence-electron chi connectivity index (χ0n) is 6.55. The summed E-state index contributed by atoms with van der Waals surface area (Å²) in [4.78, 5) is 20.9. The normalized spacial score (nSPS) is 11.4. The van der Waals surface area contributed by atoms with E-state index in [1.807, 2.05) is 0 Å². The van der Waals surface area contributed by atoms with Crippen molar-refractivity contribution in [2.24, 2.45) is 0 Å². The summed E-state index contributed by atoms with van der Waals surface area (Å²) in [5, 5.41) is 0.462. The summed E-state index contributed by atoms with van der Waals surface area (Å²) < 4.78 is 14.0. The Balaban J connectivity index is 2.73. The van der Waals surface area contributed by atoms with Crippen LogP contribution in [0, 0.1) is 0 Å². The Morgan fingerprint density at radius 3 is 2.43 bits per heavy atom. The average Bonchev–Trinajstić information content (AvgIpc) is 2.00. The quantitative estimate of drug-likeness (QED) is 0.495. The van der Waals surface area contributed by atoms with Crippen LogP contribution in [-0.2, 0) is 9.24 Å². The topological polar surface area (TPSA) is 76.0 Å². The number of benzene rings is 1. The van der Waals surface area contributed by atoms with Crippen molar-refractivity contribution in [3.05, 3.63) is 28.2 Å². The van der Waals surface area contributed by atoms with Crippen LogP contribution in [0.1, 0.15) is 0 Å². The molecule has 0 saturated carbocycles. The zero-order chi connectivity index (χ0) is 10.8. The van der Waals surface area contributed by atoms with Gasteiger partial charge in [-0.1, -0.05) is 27.9 Å². The number of rotatable bonds is 3. The van der Waals surface area contributed by atoms with Gasteiger partial charge in [-0.15, -0.1) is 0 Å². The molecule has 5 nitrogen and oxygen atoms in total. The summed E-state index contributed by atoms with van der Waals surface area (Å²) in [6.45, 7) is 0. The third kappa shape index (κ3) is 3.84. The van der Waals surface area contributed by atoms with Crippen LogP contribution in [0.2, 0.25) is 10.0 Å². The van der Waals surface area contributed by atoms with Gasteiger partial charge in [0, 0.05) is 5.02 Å². The predicted octanol–water partition coefficient (Wildman–Crippen LogP) is 2.40. The molecule has 0 spiro atoms. The Labute approximate surface area is 89.3 Å². The number of hydrogen-bond donors (Lipinski definition) is 2. The van der Waals surface area contributed by atoms with Crippen molar-refractivity contribution in [3.63, 3.8) is 0 Å². The zero-order valence-corrected chi connectivity index (χ0v) is 8.96. The molecule has 8 heteroatoms. The van der Waals surface area contributed by atoms with Gasteiger partial charge in [0.2, 0.25) is 0 Å². The SMILES string of the molecule is O=P(O)(O)OOc1ccc(Cl)cc1Cl. The Bertz CT molecular complexity index is 376. The maximum atomic E-state index is 10.3. The molecule has 1 aromatic rings. The lowest BCUT2D eigenvalue weighted by Crippen LogP contribution is -1.94. The first kappa shape index (κ1) is 11.8. The smallest absolute Gasteiger partial charge is 0.326 e. The molecule has 1 aromatic carbocycles. The van der Waals surface area contributed by atoms with Crippen LogP contribution in [-0.4, -0.2) is 9.79 Å². The van der Waals surface area contributed by atoms with Crippen molar-refractivity contribution in [3.8, 4) is 5.75 Å². The van der Waals surface area contributed by atoms with Gasteiger partial charge in [-0.2, -0.15) is 0 Å². The lowest BCUT2D eigenvalue weighted by Gasteiger charge is -2.06. The summed E-state index contributed by atoms with van der Waals surface area (Å²) in [6.07, 6.45) is 0. The fourth-order valence-corrected chi connectivity index (χ4v) is 1.25. The lowest BCUT2D eigenvalue weighted by atomic mass is 10.3. The van der Waals surface area contributed by atoms with Crippen molar-refractivity contribution in [2.75, 3.05) is 0 Å². The summed E-state index contributed by atoms with van der Waals surface area (Å²) in [5.41, 5.74) is 0. The molecule has 78 valence electrons. The molecule has 2 N–H and O–H groups in total. The minimum Gasteiger partial charge on any atom is -0.326 e. The van der Waals surface area contributed by atoms with Crippen LogP contribution >= 0.6 is 31.0 Å². The highest BCUT2D eigenvalue weighted by Gasteiger charge is 2.17. The largest absolute Gasteiger partial charge is 0.505 e. The molecule has 0 aliphatic carbocycles. The van der Waals surface area contributed by atoms with Crippen LogP contribution in [0.5, 0.6) is 5.75 Å². The van der Waals surface area contributed by atoms with E-state index in [0.29, 0.717) is 5.02 Å². The molecule has 0 amide bonds. The second kappa shape index (κ2) is 4.49. The van der Waals surface area contributed by atoms with Gasteiger partial charge in [0.15, 0.2) is 5.75 Å². The van der Waals surface area contributed by atoms with Gasteiger partial charge >= 0.3 is 7.82 Å². The monoisotopic (exact) mass is 258 g/mol. The van der Waals surface area contributed by atoms with Gasteiger partial charge in [-0.3, -0.25) is 0 Å². The van der Waals surface area contributed by atoms with E-state index in [-0.39, 0.29) is 10.8 Å². The van der Waals surface area contributed by atoms with Crippen molar-refractivity contribution in [1.82, 2.24) is 0 Å². The second-order valence-corrected chi connectivity index (χ2v) is 4.20. The Morgan fingerprint density at radius 2 is 1.93 bits per heavy atom. The first-order chi connectivity index (χ1) is 6.38. The van der Waals surface area contributed by atoms with E-state index in [0.717, 1.165) is 0 Å². The molecule has 0 aliphatic heterocycles. The van der Waals surface area contributed by atoms with Crippen LogP contribution < -0.4 is 4.89 Å². The molecule has 14 heavy (non-hydrogen) atoms. The van der Waals surface area contributed by atoms with Gasteiger partial charge in [-0.25, -0.2) is 4.57 Å². The molecule has 0 atom stereocenters. The third-order valence-electron chi connectivity index (χ3n) is 1.12. The second-order valence-electron chi connectivity index (χ2n) is 2.22. The Hall–Kier alpha value is -0.290. The fraction of sp³-hybridized carbons (Fsp3) is 0. The molecule has 0 fully saturated rings. The fourth-order valence-electron chi connectivity index (χ4n) is 0.631. The first-order valence-corrected chi connectivity index (χ1v) is 5.54. The van der Waals surface area contributed by atoms with Crippen LogP contribution in [0.4, 0.5) is 0 Å². The van der Waals surface area contributed by atoms with Crippen LogP contribution in [0.25, 0.3) is 0 Å². The number of halogens is 2. The van der Waals surface area contributed by atoms with Crippen LogP contribution in [0.3, 0.4) is 0 Å². The highest BCUT2D eigenvalue weighted by molar-refractivity contribution is 7.46. The van der Waals surface area contributed by atoms with Crippen molar-refractivity contribution in [2.45, 2.75) is 0 Å². The summed E-state index contributed by atoms with van der Waals surface area (Å²) in [7, 11) is -4.68. The third-order valence-corrected chi connectivity index (χ3v) is 1.92. The van der Waals surface area contributed by atoms with Gasteiger partial charge in [0.25, 0.3) is 0 Å². The molecule has 0 bridgehead atoms. The lowest BCUT2D eigenvalue weighted by molar-refractivity contribution is -0.122. The maximum Gasteiger partial charge on any atom is 0.505 e. The van der Waals surface area contributed by atoms with Gasteiger partial charge in [0.1, 0.15) is 0 Å². The Kier molecular flexibility index (Phi) is 3.78. The van der Waals surface area contributed by atoms with Crippen LogP contribution in [0.15, 0.2) is 18.2 Å². The average molecular weight is 259 g/mol. The van der Waals surface area contributed by atoms with Crippen molar-refractivity contribution >= 4 is 31.0 Å². The Morgan fingerprint density at radius 1 is 1.29 bits per heavy atom. The molecule has 1 rings (SSSR count). The van der Waals surface area contributed by atoms with E-state index in [4.69, 9.17) is 33.0 Å². The molecule has 0 unspecified atom stereocenters. The molecule has 0 heterocycles. The van der Waals surface area contributed by atoms with Gasteiger partial charge in [-0.05, 0) is 18.2 Å². The number of hydrogen-bond acceptors (Lipinski definition) is 3. The van der Waals surface area contributed by atoms with E-state index in [9.17, 15) is 4.57 Å². The summed E-state index contributed by atoms with van der Waals surface area (Å²) in [5.74, 6) is -0.0283. The maximum absolute atomic E-state index is 10.3. The van der Waals surface area contributed by atoms with E-state index in [2.05, 4.69) is 9.56 Å². The minimum atomic E-state index is -4.68. The van der Waals surface area contributed by atoms with E-state index >= 15 is 0 Å². The summed E-state index contributed by atoms with van der Waals surface area (Å²) >= 11 is 11.2. The molecule has 0 radical (unpaired) electrons. The van der Waals surface area contributed by atoms with E-state index in [1.165, 1.54) is 18.2 Å². The van der Waals surface area contributed by atoms with E-state index < -0.39 is 7.82 Å². The highest BCUT2D eigenvalue weighted by atomic mass is 35.5. The minimum absolute atomic E-state index is 0.0283. The molecular weight excluding hydrogens is 254 g/mol. The van der Waals surface area contributed by atoms with Crippen molar-refractivity contribution in [1.29, 1.82) is 0 Å². The van der Waals surface area contributed by atoms with E-state index in [1.54, 1.807) is 0 Å². The molecule has 0 aliphatic rings. The highest BCUT2D eigenvalue weighted by Crippen LogP contribution is 2.38. The van der Waals surface area contributed by atoms with Gasteiger partial charge < -0.3 is 14.7 Å². The van der Waals surface area contributed by atoms with Gasteiger partial charge in [0.05, 0.1) is 5.02 Å². The predicted molar refractivity (Wildman–Crippen MR) is 50.2 cm³/mol. The molecule has 0 aromatic heterocycles. The summed E-state index contributed by atoms with van der Waals surface area (Å²) in [6, 6.07) is 4.10. The molecular formula is C6H5Cl2O5P. The molecule has 0 saturated heterocycles.